The number of hydrogen-bond acceptors (Lipinski definition) is 3. The van der Waals surface area contributed by atoms with Crippen molar-refractivity contribution in [2.24, 2.45) is 0 Å². The molecule has 0 spiro atoms. The number of hydrogen-bond donors (Lipinski definition) is 1. The molecule has 0 heterocycles. The van der Waals surface area contributed by atoms with E-state index in [4.69, 9.17) is 9.84 Å². The van der Waals surface area contributed by atoms with E-state index in [-0.39, 0.29) is 6.61 Å². The van der Waals surface area contributed by atoms with Crippen LogP contribution in [-0.4, -0.2) is 49.5 Å². The van der Waals surface area contributed by atoms with Crippen LogP contribution >= 0.6 is 0 Å². The van der Waals surface area contributed by atoms with Crippen LogP contribution in [0.1, 0.15) is 20.3 Å². The SMILES string of the molecule is CCOCCCN(CC)CCO. The molecule has 0 fully saturated rings. The lowest BCUT2D eigenvalue weighted by molar-refractivity contribution is 0.127. The molecule has 0 aliphatic carbocycles. The summed E-state index contributed by atoms with van der Waals surface area (Å²) in [5.41, 5.74) is 0. The maximum Gasteiger partial charge on any atom is 0.0558 e. The van der Waals surface area contributed by atoms with Gasteiger partial charge >= 0.3 is 0 Å². The Labute approximate surface area is 75.3 Å². The second kappa shape index (κ2) is 8.97. The van der Waals surface area contributed by atoms with Crippen molar-refractivity contribution in [2.75, 3.05) is 39.5 Å². The summed E-state index contributed by atoms with van der Waals surface area (Å²) in [5.74, 6) is 0. The van der Waals surface area contributed by atoms with Gasteiger partial charge in [-0.3, -0.25) is 0 Å². The number of likely N-dealkylation sites (N-methyl/N-ethyl adjacent to an activating group) is 1. The first-order valence-electron chi connectivity index (χ1n) is 4.76. The maximum absolute atomic E-state index is 8.70. The molecule has 74 valence electrons. The Bertz CT molecular complexity index is 88.6. The van der Waals surface area contributed by atoms with E-state index in [2.05, 4.69) is 11.8 Å². The molecule has 3 heteroatoms. The molecule has 0 aliphatic heterocycles. The van der Waals surface area contributed by atoms with Crippen molar-refractivity contribution in [3.63, 3.8) is 0 Å². The number of aliphatic hydroxyl groups is 1. The fraction of sp³-hybridized carbons (Fsp3) is 1.00. The van der Waals surface area contributed by atoms with E-state index in [1.165, 1.54) is 0 Å². The Kier molecular flexibility index (Phi) is 8.88. The second-order valence-electron chi connectivity index (χ2n) is 2.71. The molecule has 0 aromatic heterocycles. The Morgan fingerprint density at radius 3 is 2.50 bits per heavy atom. The molecule has 0 bridgehead atoms. The third-order valence-electron chi connectivity index (χ3n) is 1.83. The zero-order chi connectivity index (χ0) is 9.23. The summed E-state index contributed by atoms with van der Waals surface area (Å²) in [6, 6.07) is 0. The fourth-order valence-corrected chi connectivity index (χ4v) is 1.10. The van der Waals surface area contributed by atoms with Crippen molar-refractivity contribution >= 4 is 0 Å². The first-order valence-corrected chi connectivity index (χ1v) is 4.76. The van der Waals surface area contributed by atoms with Gasteiger partial charge < -0.3 is 14.7 Å². The van der Waals surface area contributed by atoms with Crippen molar-refractivity contribution in [1.29, 1.82) is 0 Å². The van der Waals surface area contributed by atoms with Gasteiger partial charge in [0.15, 0.2) is 0 Å². The highest BCUT2D eigenvalue weighted by Gasteiger charge is 1.99. The number of ether oxygens (including phenoxy) is 1. The van der Waals surface area contributed by atoms with Gasteiger partial charge in [-0.2, -0.15) is 0 Å². The molecule has 0 aliphatic rings. The van der Waals surface area contributed by atoms with Gasteiger partial charge in [0.2, 0.25) is 0 Å². The summed E-state index contributed by atoms with van der Waals surface area (Å²) < 4.78 is 5.22. The van der Waals surface area contributed by atoms with Crippen molar-refractivity contribution in [1.82, 2.24) is 4.90 Å². The summed E-state index contributed by atoms with van der Waals surface area (Å²) >= 11 is 0. The third kappa shape index (κ3) is 6.58. The number of aliphatic hydroxyl groups excluding tert-OH is 1. The van der Waals surface area contributed by atoms with Gasteiger partial charge in [-0.1, -0.05) is 6.92 Å². The molecule has 0 amide bonds. The molecule has 0 rings (SSSR count). The first kappa shape index (κ1) is 11.9. The molecule has 0 aromatic carbocycles. The van der Waals surface area contributed by atoms with Gasteiger partial charge in [0.1, 0.15) is 0 Å². The van der Waals surface area contributed by atoms with Crippen LogP contribution in [0.2, 0.25) is 0 Å². The van der Waals surface area contributed by atoms with Gasteiger partial charge in [0, 0.05) is 26.3 Å². The van der Waals surface area contributed by atoms with E-state index in [9.17, 15) is 0 Å². The van der Waals surface area contributed by atoms with E-state index in [1.807, 2.05) is 6.92 Å². The molecule has 0 aromatic rings. The number of nitrogens with zero attached hydrogens (tertiary/aromatic N) is 1. The Hall–Kier alpha value is -0.120. The average molecular weight is 175 g/mol. The first-order chi connectivity index (χ1) is 5.85. The van der Waals surface area contributed by atoms with E-state index in [1.54, 1.807) is 0 Å². The van der Waals surface area contributed by atoms with Crippen LogP contribution in [0, 0.1) is 0 Å². The van der Waals surface area contributed by atoms with Crippen molar-refractivity contribution in [3.8, 4) is 0 Å². The zero-order valence-electron chi connectivity index (χ0n) is 8.25. The topological polar surface area (TPSA) is 32.7 Å². The Morgan fingerprint density at radius 2 is 2.00 bits per heavy atom. The van der Waals surface area contributed by atoms with Gasteiger partial charge in [-0.25, -0.2) is 0 Å². The van der Waals surface area contributed by atoms with Crippen LogP contribution in [0.4, 0.5) is 0 Å². The summed E-state index contributed by atoms with van der Waals surface area (Å²) in [6.07, 6.45) is 1.06. The smallest absolute Gasteiger partial charge is 0.0558 e. The van der Waals surface area contributed by atoms with Gasteiger partial charge in [-0.15, -0.1) is 0 Å². The van der Waals surface area contributed by atoms with E-state index in [0.717, 1.165) is 39.3 Å². The minimum atomic E-state index is 0.252. The normalized spacial score (nSPS) is 11.0. The molecular weight excluding hydrogens is 154 g/mol. The highest BCUT2D eigenvalue weighted by atomic mass is 16.5. The summed E-state index contributed by atoms with van der Waals surface area (Å²) in [4.78, 5) is 2.22. The van der Waals surface area contributed by atoms with Crippen LogP contribution in [0.25, 0.3) is 0 Å². The van der Waals surface area contributed by atoms with Crippen LogP contribution in [0.3, 0.4) is 0 Å². The summed E-state index contributed by atoms with van der Waals surface area (Å²) in [5, 5.41) is 8.70. The fourth-order valence-electron chi connectivity index (χ4n) is 1.10. The molecule has 0 atom stereocenters. The summed E-state index contributed by atoms with van der Waals surface area (Å²) in [6.45, 7) is 8.81. The van der Waals surface area contributed by atoms with Gasteiger partial charge in [-0.05, 0) is 19.9 Å². The standard InChI is InChI=1S/C9H21NO2/c1-3-10(7-8-11)6-5-9-12-4-2/h11H,3-9H2,1-2H3. The zero-order valence-corrected chi connectivity index (χ0v) is 8.25. The van der Waals surface area contributed by atoms with Crippen molar-refractivity contribution in [3.05, 3.63) is 0 Å². The lowest BCUT2D eigenvalue weighted by Crippen LogP contribution is -2.28. The van der Waals surface area contributed by atoms with Crippen LogP contribution < -0.4 is 0 Å². The highest BCUT2D eigenvalue weighted by molar-refractivity contribution is 4.53. The molecule has 12 heavy (non-hydrogen) atoms. The van der Waals surface area contributed by atoms with E-state index in [0.29, 0.717) is 0 Å². The van der Waals surface area contributed by atoms with Crippen LogP contribution in [0.5, 0.6) is 0 Å². The molecule has 0 saturated carbocycles. The van der Waals surface area contributed by atoms with Crippen molar-refractivity contribution in [2.45, 2.75) is 20.3 Å². The molecule has 1 N–H and O–H groups in total. The Balaban J connectivity index is 3.19. The van der Waals surface area contributed by atoms with Crippen molar-refractivity contribution < 1.29 is 9.84 Å². The molecule has 0 radical (unpaired) electrons. The minimum absolute atomic E-state index is 0.252. The van der Waals surface area contributed by atoms with Gasteiger partial charge in [0.05, 0.1) is 6.61 Å². The molecule has 0 unspecified atom stereocenters. The predicted molar refractivity (Wildman–Crippen MR) is 50.3 cm³/mol. The number of rotatable bonds is 8. The Morgan fingerprint density at radius 1 is 1.25 bits per heavy atom. The lowest BCUT2D eigenvalue weighted by atomic mass is 10.4. The molecule has 3 nitrogen and oxygen atoms in total. The van der Waals surface area contributed by atoms with Crippen LogP contribution in [0.15, 0.2) is 0 Å². The largest absolute Gasteiger partial charge is 0.395 e. The van der Waals surface area contributed by atoms with E-state index < -0.39 is 0 Å². The second-order valence-corrected chi connectivity index (χ2v) is 2.71. The minimum Gasteiger partial charge on any atom is -0.395 e. The van der Waals surface area contributed by atoms with E-state index >= 15 is 0 Å². The van der Waals surface area contributed by atoms with Gasteiger partial charge in [0.25, 0.3) is 0 Å². The maximum atomic E-state index is 8.70. The lowest BCUT2D eigenvalue weighted by Gasteiger charge is -2.18. The van der Waals surface area contributed by atoms with Crippen LogP contribution in [-0.2, 0) is 4.74 Å². The summed E-state index contributed by atoms with van der Waals surface area (Å²) in [7, 11) is 0. The average Bonchev–Trinajstić information content (AvgIpc) is 2.10. The molecular formula is C9H21NO2. The quantitative estimate of drug-likeness (QED) is 0.552. The third-order valence-corrected chi connectivity index (χ3v) is 1.83. The molecule has 0 saturated heterocycles. The predicted octanol–water partition coefficient (Wildman–Crippen LogP) is 0.727. The monoisotopic (exact) mass is 175 g/mol. The highest BCUT2D eigenvalue weighted by Crippen LogP contribution is 1.91.